The Hall–Kier alpha value is -1.65. The molecule has 1 aromatic carbocycles. The molecule has 1 unspecified atom stereocenters. The highest BCUT2D eigenvalue weighted by Crippen LogP contribution is 2.28. The van der Waals surface area contributed by atoms with Gasteiger partial charge in [0.15, 0.2) is 5.76 Å². The lowest BCUT2D eigenvalue weighted by atomic mass is 10.1. The van der Waals surface area contributed by atoms with E-state index in [1.165, 1.54) is 11.1 Å². The van der Waals surface area contributed by atoms with Gasteiger partial charge in [0.2, 0.25) is 5.89 Å². The summed E-state index contributed by atoms with van der Waals surface area (Å²) in [6.45, 7) is 6.43. The highest BCUT2D eigenvalue weighted by atomic mass is 16.5. The Labute approximate surface area is 112 Å². The van der Waals surface area contributed by atoms with E-state index in [-0.39, 0.29) is 6.04 Å². The van der Waals surface area contributed by atoms with Gasteiger partial charge < -0.3 is 14.5 Å². The van der Waals surface area contributed by atoms with Crippen molar-refractivity contribution < 1.29 is 9.15 Å². The second kappa shape index (κ2) is 5.15. The molecule has 0 saturated heterocycles. The average Bonchev–Trinajstić information content (AvgIpc) is 3.07. The zero-order valence-corrected chi connectivity index (χ0v) is 11.3. The summed E-state index contributed by atoms with van der Waals surface area (Å²) in [5, 5.41) is 3.29. The largest absolute Gasteiger partial charge is 0.439 e. The zero-order chi connectivity index (χ0) is 13.2. The Morgan fingerprint density at radius 3 is 3.00 bits per heavy atom. The van der Waals surface area contributed by atoms with Crippen LogP contribution in [0, 0.1) is 0 Å². The number of fused-ring (bicyclic) bond motifs is 1. The average molecular weight is 258 g/mol. The summed E-state index contributed by atoms with van der Waals surface area (Å²) in [5.74, 6) is 1.54. The van der Waals surface area contributed by atoms with Crippen LogP contribution >= 0.6 is 0 Å². The fraction of sp³-hybridized carbons (Fsp3) is 0.400. The standard InChI is InChI=1S/C15H18N2O2/c1-3-16-10(2)15-17-7-14(19-15)11-4-5-12-8-18-9-13(12)6-11/h4-7,10,16H,3,8-9H2,1-2H3. The highest BCUT2D eigenvalue weighted by molar-refractivity contribution is 5.59. The van der Waals surface area contributed by atoms with Gasteiger partial charge in [0.1, 0.15) is 0 Å². The van der Waals surface area contributed by atoms with Crippen LogP contribution in [0.4, 0.5) is 0 Å². The fourth-order valence-corrected chi connectivity index (χ4v) is 2.34. The van der Waals surface area contributed by atoms with Gasteiger partial charge >= 0.3 is 0 Å². The van der Waals surface area contributed by atoms with Crippen molar-refractivity contribution in [2.45, 2.75) is 33.1 Å². The molecule has 0 aliphatic carbocycles. The molecule has 3 rings (SSSR count). The fourth-order valence-electron chi connectivity index (χ4n) is 2.34. The second-order valence-corrected chi connectivity index (χ2v) is 4.82. The monoisotopic (exact) mass is 258 g/mol. The third-order valence-electron chi connectivity index (χ3n) is 3.41. The van der Waals surface area contributed by atoms with E-state index in [4.69, 9.17) is 9.15 Å². The van der Waals surface area contributed by atoms with Gasteiger partial charge in [0.05, 0.1) is 25.5 Å². The summed E-state index contributed by atoms with van der Waals surface area (Å²) in [6, 6.07) is 6.44. The molecule has 2 heterocycles. The van der Waals surface area contributed by atoms with Crippen molar-refractivity contribution in [2.75, 3.05) is 6.54 Å². The smallest absolute Gasteiger partial charge is 0.211 e. The van der Waals surface area contributed by atoms with Gasteiger partial charge in [-0.05, 0) is 30.7 Å². The molecule has 0 spiro atoms. The molecule has 100 valence electrons. The summed E-state index contributed by atoms with van der Waals surface area (Å²) in [6.07, 6.45) is 1.79. The lowest BCUT2D eigenvalue weighted by Gasteiger charge is -2.07. The number of benzene rings is 1. The molecule has 19 heavy (non-hydrogen) atoms. The van der Waals surface area contributed by atoms with Crippen LogP contribution in [0.3, 0.4) is 0 Å². The van der Waals surface area contributed by atoms with Gasteiger partial charge in [-0.3, -0.25) is 0 Å². The minimum Gasteiger partial charge on any atom is -0.439 e. The summed E-state index contributed by atoms with van der Waals surface area (Å²) in [7, 11) is 0. The van der Waals surface area contributed by atoms with Crippen molar-refractivity contribution in [1.82, 2.24) is 10.3 Å². The molecule has 1 aromatic heterocycles. The second-order valence-electron chi connectivity index (χ2n) is 4.82. The first-order valence-electron chi connectivity index (χ1n) is 6.67. The van der Waals surface area contributed by atoms with E-state index in [1.54, 1.807) is 6.20 Å². The normalized spacial score (nSPS) is 15.5. The van der Waals surface area contributed by atoms with Gasteiger partial charge in [-0.1, -0.05) is 19.1 Å². The summed E-state index contributed by atoms with van der Waals surface area (Å²) in [5.41, 5.74) is 3.58. The first-order valence-corrected chi connectivity index (χ1v) is 6.67. The molecule has 0 bridgehead atoms. The van der Waals surface area contributed by atoms with Gasteiger partial charge in [-0.2, -0.15) is 0 Å². The molecule has 0 fully saturated rings. The maximum absolute atomic E-state index is 5.83. The molecule has 0 radical (unpaired) electrons. The quantitative estimate of drug-likeness (QED) is 0.915. The van der Waals surface area contributed by atoms with Gasteiger partial charge in [0, 0.05) is 5.56 Å². The van der Waals surface area contributed by atoms with E-state index in [0.717, 1.165) is 23.8 Å². The highest BCUT2D eigenvalue weighted by Gasteiger charge is 2.15. The number of hydrogen-bond donors (Lipinski definition) is 1. The van der Waals surface area contributed by atoms with Crippen LogP contribution in [-0.2, 0) is 18.0 Å². The molecular formula is C15H18N2O2. The van der Waals surface area contributed by atoms with Crippen molar-refractivity contribution in [3.63, 3.8) is 0 Å². The number of aromatic nitrogens is 1. The van der Waals surface area contributed by atoms with E-state index in [1.807, 2.05) is 0 Å². The van der Waals surface area contributed by atoms with Crippen molar-refractivity contribution in [1.29, 1.82) is 0 Å². The summed E-state index contributed by atoms with van der Waals surface area (Å²) >= 11 is 0. The van der Waals surface area contributed by atoms with E-state index >= 15 is 0 Å². The van der Waals surface area contributed by atoms with Crippen LogP contribution in [0.15, 0.2) is 28.8 Å². The predicted octanol–water partition coefficient (Wildman–Crippen LogP) is 3.04. The number of nitrogens with zero attached hydrogens (tertiary/aromatic N) is 1. The number of ether oxygens (including phenoxy) is 1. The molecule has 4 heteroatoms. The van der Waals surface area contributed by atoms with Crippen LogP contribution in [0.1, 0.15) is 36.9 Å². The van der Waals surface area contributed by atoms with Crippen LogP contribution in [0.5, 0.6) is 0 Å². The van der Waals surface area contributed by atoms with E-state index < -0.39 is 0 Å². The lowest BCUT2D eigenvalue weighted by molar-refractivity contribution is 0.134. The molecule has 0 saturated carbocycles. The van der Waals surface area contributed by atoms with Crippen LogP contribution in [0.25, 0.3) is 11.3 Å². The Bertz CT molecular complexity index is 577. The van der Waals surface area contributed by atoms with Gasteiger partial charge in [-0.15, -0.1) is 0 Å². The minimum atomic E-state index is 0.136. The Morgan fingerprint density at radius 1 is 1.32 bits per heavy atom. The number of rotatable bonds is 4. The van der Waals surface area contributed by atoms with Crippen LogP contribution in [0.2, 0.25) is 0 Å². The molecule has 0 amide bonds. The number of oxazole rings is 1. The molecule has 2 aromatic rings. The van der Waals surface area contributed by atoms with Crippen molar-refractivity contribution in [3.8, 4) is 11.3 Å². The van der Waals surface area contributed by atoms with Crippen LogP contribution in [-0.4, -0.2) is 11.5 Å². The maximum Gasteiger partial charge on any atom is 0.211 e. The Morgan fingerprint density at radius 2 is 2.16 bits per heavy atom. The molecule has 1 atom stereocenters. The summed E-state index contributed by atoms with van der Waals surface area (Å²) in [4.78, 5) is 4.34. The molecule has 4 nitrogen and oxygen atoms in total. The molecular weight excluding hydrogens is 240 g/mol. The topological polar surface area (TPSA) is 47.3 Å². The van der Waals surface area contributed by atoms with Gasteiger partial charge in [-0.25, -0.2) is 4.98 Å². The summed E-state index contributed by atoms with van der Waals surface area (Å²) < 4.78 is 11.3. The maximum atomic E-state index is 5.83. The predicted molar refractivity (Wildman–Crippen MR) is 72.5 cm³/mol. The van der Waals surface area contributed by atoms with Gasteiger partial charge in [0.25, 0.3) is 0 Å². The first-order chi connectivity index (χ1) is 9.28. The number of nitrogens with one attached hydrogen (secondary N) is 1. The Balaban J connectivity index is 1.86. The van der Waals surface area contributed by atoms with E-state index in [0.29, 0.717) is 13.2 Å². The Kier molecular flexibility index (Phi) is 3.36. The first kappa shape index (κ1) is 12.4. The van der Waals surface area contributed by atoms with Crippen molar-refractivity contribution in [3.05, 3.63) is 41.4 Å². The molecule has 1 N–H and O–H groups in total. The molecule has 1 aliphatic heterocycles. The molecule has 1 aliphatic rings. The zero-order valence-electron chi connectivity index (χ0n) is 11.3. The van der Waals surface area contributed by atoms with E-state index in [9.17, 15) is 0 Å². The van der Waals surface area contributed by atoms with Crippen LogP contribution < -0.4 is 5.32 Å². The third-order valence-corrected chi connectivity index (χ3v) is 3.41. The minimum absolute atomic E-state index is 0.136. The SMILES string of the molecule is CCNC(C)c1ncc(-c2ccc3c(c2)COC3)o1. The van der Waals surface area contributed by atoms with Crippen molar-refractivity contribution >= 4 is 0 Å². The number of hydrogen-bond acceptors (Lipinski definition) is 4. The lowest BCUT2D eigenvalue weighted by Crippen LogP contribution is -2.17. The van der Waals surface area contributed by atoms with E-state index in [2.05, 4.69) is 42.3 Å². The third kappa shape index (κ3) is 2.41. The van der Waals surface area contributed by atoms with Crippen molar-refractivity contribution in [2.24, 2.45) is 0 Å².